The average molecular weight is 364 g/mol. The Bertz CT molecular complexity index is 824. The fourth-order valence-electron chi connectivity index (χ4n) is 3.76. The van der Waals surface area contributed by atoms with Gasteiger partial charge in [-0.1, -0.05) is 43.2 Å². The third-order valence-electron chi connectivity index (χ3n) is 5.45. The van der Waals surface area contributed by atoms with Gasteiger partial charge < -0.3 is 9.88 Å². The second-order valence-corrected chi connectivity index (χ2v) is 7.36. The normalized spacial score (nSPS) is 15.1. The zero-order valence-corrected chi connectivity index (χ0v) is 16.3. The summed E-state index contributed by atoms with van der Waals surface area (Å²) in [5.74, 6) is 0.580. The van der Waals surface area contributed by atoms with Gasteiger partial charge in [0.25, 0.3) is 0 Å². The maximum absolute atomic E-state index is 12.7. The Morgan fingerprint density at radius 2 is 1.78 bits per heavy atom. The maximum Gasteiger partial charge on any atom is 0.239 e. The highest BCUT2D eigenvalue weighted by Gasteiger charge is 2.21. The van der Waals surface area contributed by atoms with E-state index in [2.05, 4.69) is 28.4 Å². The minimum absolute atomic E-state index is 0.0415. The van der Waals surface area contributed by atoms with Gasteiger partial charge in [-0.3, -0.25) is 9.69 Å². The molecule has 5 heteroatoms. The summed E-state index contributed by atoms with van der Waals surface area (Å²) in [4.78, 5) is 14.9. The van der Waals surface area contributed by atoms with Crippen molar-refractivity contribution in [3.63, 3.8) is 0 Å². The average Bonchev–Trinajstić information content (AvgIpc) is 2.85. The van der Waals surface area contributed by atoms with Gasteiger partial charge >= 0.3 is 0 Å². The van der Waals surface area contributed by atoms with Crippen LogP contribution in [0.5, 0.6) is 0 Å². The maximum atomic E-state index is 12.7. The molecule has 5 nitrogen and oxygen atoms in total. The van der Waals surface area contributed by atoms with Crippen molar-refractivity contribution >= 4 is 11.7 Å². The summed E-state index contributed by atoms with van der Waals surface area (Å²) < 4.78 is 2.05. The number of hydrogen-bond donors (Lipinski definition) is 1. The first-order chi connectivity index (χ1) is 13.1. The molecule has 0 spiro atoms. The van der Waals surface area contributed by atoms with E-state index in [1.807, 2.05) is 36.6 Å². The van der Waals surface area contributed by atoms with Gasteiger partial charge in [0.15, 0.2) is 0 Å². The van der Waals surface area contributed by atoms with Gasteiger partial charge in [-0.05, 0) is 50.9 Å². The number of amides is 1. The van der Waals surface area contributed by atoms with Crippen LogP contribution in [-0.2, 0) is 11.3 Å². The Kier molecular flexibility index (Phi) is 6.31. The van der Waals surface area contributed by atoms with Gasteiger partial charge in [-0.25, -0.2) is 0 Å². The summed E-state index contributed by atoms with van der Waals surface area (Å²) in [6, 6.07) is 12.4. The van der Waals surface area contributed by atoms with Gasteiger partial charge in [0.1, 0.15) is 11.9 Å². The van der Waals surface area contributed by atoms with E-state index in [9.17, 15) is 10.1 Å². The molecule has 0 atom stereocenters. The minimum Gasteiger partial charge on any atom is -0.326 e. The van der Waals surface area contributed by atoms with Crippen LogP contribution in [0, 0.1) is 25.2 Å². The summed E-state index contributed by atoms with van der Waals surface area (Å²) >= 11 is 0. The smallest absolute Gasteiger partial charge is 0.239 e. The van der Waals surface area contributed by atoms with Crippen molar-refractivity contribution in [2.75, 3.05) is 25.0 Å². The fraction of sp³-hybridized carbons (Fsp3) is 0.455. The molecule has 1 amide bonds. The summed E-state index contributed by atoms with van der Waals surface area (Å²) in [6.45, 7) is 6.92. The number of nitrogens with zero attached hydrogens (tertiary/aromatic N) is 3. The number of nitrogens with one attached hydrogen (secondary N) is 1. The number of carbonyl (C=O) groups excluding carboxylic acids is 1. The van der Waals surface area contributed by atoms with Crippen LogP contribution in [0.25, 0.3) is 0 Å². The van der Waals surface area contributed by atoms with Crippen LogP contribution in [-0.4, -0.2) is 35.0 Å². The van der Waals surface area contributed by atoms with Gasteiger partial charge in [-0.2, -0.15) is 5.26 Å². The van der Waals surface area contributed by atoms with Gasteiger partial charge in [0.2, 0.25) is 5.91 Å². The Morgan fingerprint density at radius 1 is 1.11 bits per heavy atom. The lowest BCUT2D eigenvalue weighted by Gasteiger charge is -2.20. The quantitative estimate of drug-likeness (QED) is 0.877. The molecule has 0 bridgehead atoms. The lowest BCUT2D eigenvalue weighted by Crippen LogP contribution is -2.34. The summed E-state index contributed by atoms with van der Waals surface area (Å²) in [5.41, 5.74) is 3.65. The largest absolute Gasteiger partial charge is 0.326 e. The molecule has 142 valence electrons. The van der Waals surface area contributed by atoms with Crippen LogP contribution in [0.15, 0.2) is 30.3 Å². The van der Waals surface area contributed by atoms with Gasteiger partial charge in [0.05, 0.1) is 12.1 Å². The van der Waals surface area contributed by atoms with E-state index in [-0.39, 0.29) is 5.91 Å². The lowest BCUT2D eigenvalue weighted by atomic mass is 10.2. The van der Waals surface area contributed by atoms with Crippen molar-refractivity contribution < 1.29 is 4.79 Å². The summed E-state index contributed by atoms with van der Waals surface area (Å²) in [6.07, 6.45) is 4.79. The fourth-order valence-corrected chi connectivity index (χ4v) is 3.76. The first-order valence-electron chi connectivity index (χ1n) is 9.76. The molecule has 2 heterocycles. The molecule has 3 rings (SSSR count). The summed E-state index contributed by atoms with van der Waals surface area (Å²) in [5, 5.41) is 12.7. The number of likely N-dealkylation sites (tertiary alicyclic amines) is 1. The van der Waals surface area contributed by atoms with E-state index in [4.69, 9.17) is 0 Å². The Balaban J connectivity index is 1.81. The molecule has 1 aromatic heterocycles. The van der Waals surface area contributed by atoms with E-state index in [1.54, 1.807) is 0 Å². The Labute approximate surface area is 161 Å². The van der Waals surface area contributed by atoms with E-state index >= 15 is 0 Å². The Morgan fingerprint density at radius 3 is 2.41 bits per heavy atom. The number of anilines is 1. The standard InChI is InChI=1S/C22H28N4O/c1-17-18(2)26(15-19-10-6-5-7-11-19)22(20(17)14-23)24-21(27)16-25-12-8-3-4-9-13-25/h5-7,10-11H,3-4,8-9,12-13,15-16H2,1-2H3,(H,24,27). The van der Waals surface area contributed by atoms with Crippen LogP contribution in [0.2, 0.25) is 0 Å². The topological polar surface area (TPSA) is 61.1 Å². The first-order valence-corrected chi connectivity index (χ1v) is 9.76. The molecular formula is C22H28N4O. The molecule has 27 heavy (non-hydrogen) atoms. The highest BCUT2D eigenvalue weighted by atomic mass is 16.2. The van der Waals surface area contributed by atoms with Crippen molar-refractivity contribution in [2.45, 2.75) is 46.1 Å². The molecule has 1 N–H and O–H groups in total. The van der Waals surface area contributed by atoms with Crippen molar-refractivity contribution in [3.8, 4) is 6.07 Å². The number of rotatable bonds is 5. The second kappa shape index (κ2) is 8.88. The molecule has 0 unspecified atom stereocenters. The van der Waals surface area contributed by atoms with E-state index in [1.165, 1.54) is 12.8 Å². The third kappa shape index (κ3) is 4.58. The number of hydrogen-bond acceptors (Lipinski definition) is 3. The molecule has 0 aliphatic carbocycles. The lowest BCUT2D eigenvalue weighted by molar-refractivity contribution is -0.117. The molecule has 0 radical (unpaired) electrons. The van der Waals surface area contributed by atoms with Crippen LogP contribution < -0.4 is 5.32 Å². The molecule has 1 fully saturated rings. The highest BCUT2D eigenvalue weighted by Crippen LogP contribution is 2.27. The third-order valence-corrected chi connectivity index (χ3v) is 5.45. The molecular weight excluding hydrogens is 336 g/mol. The molecule has 0 saturated carbocycles. The zero-order valence-electron chi connectivity index (χ0n) is 16.3. The van der Waals surface area contributed by atoms with Crippen molar-refractivity contribution in [2.24, 2.45) is 0 Å². The number of nitriles is 1. The zero-order chi connectivity index (χ0) is 19.2. The molecule has 1 saturated heterocycles. The van der Waals surface area contributed by atoms with Gasteiger partial charge in [-0.15, -0.1) is 0 Å². The van der Waals surface area contributed by atoms with Crippen LogP contribution in [0.1, 0.15) is 48.1 Å². The van der Waals surface area contributed by atoms with Crippen LogP contribution in [0.4, 0.5) is 5.82 Å². The van der Waals surface area contributed by atoms with Crippen molar-refractivity contribution in [1.29, 1.82) is 5.26 Å². The first kappa shape index (κ1) is 19.2. The van der Waals surface area contributed by atoms with E-state index < -0.39 is 0 Å². The molecule has 1 aliphatic rings. The highest BCUT2D eigenvalue weighted by molar-refractivity contribution is 5.93. The monoisotopic (exact) mass is 364 g/mol. The molecule has 1 aliphatic heterocycles. The van der Waals surface area contributed by atoms with Crippen LogP contribution in [0.3, 0.4) is 0 Å². The number of carbonyl (C=O) groups is 1. The van der Waals surface area contributed by atoms with Crippen molar-refractivity contribution in [3.05, 3.63) is 52.7 Å². The van der Waals surface area contributed by atoms with E-state index in [0.29, 0.717) is 24.5 Å². The summed E-state index contributed by atoms with van der Waals surface area (Å²) in [7, 11) is 0. The van der Waals surface area contributed by atoms with Crippen LogP contribution >= 0.6 is 0 Å². The minimum atomic E-state index is -0.0415. The predicted molar refractivity (Wildman–Crippen MR) is 108 cm³/mol. The van der Waals surface area contributed by atoms with E-state index in [0.717, 1.165) is 42.8 Å². The molecule has 1 aromatic carbocycles. The SMILES string of the molecule is Cc1c(C#N)c(NC(=O)CN2CCCCCC2)n(Cc2ccccc2)c1C. The molecule has 2 aromatic rings. The predicted octanol–water partition coefficient (Wildman–Crippen LogP) is 3.84. The Hall–Kier alpha value is -2.58. The second-order valence-electron chi connectivity index (χ2n) is 7.36. The van der Waals surface area contributed by atoms with Gasteiger partial charge in [0, 0.05) is 12.2 Å². The van der Waals surface area contributed by atoms with Crippen molar-refractivity contribution in [1.82, 2.24) is 9.47 Å². The number of benzene rings is 1. The number of aromatic nitrogens is 1.